The summed E-state index contributed by atoms with van der Waals surface area (Å²) >= 11 is 0. The first kappa shape index (κ1) is 16.6. The smallest absolute Gasteiger partial charge is 0.220 e. The lowest BCUT2D eigenvalue weighted by molar-refractivity contribution is 0.624. The van der Waals surface area contributed by atoms with Gasteiger partial charge in [0.05, 0.1) is 11.3 Å². The highest BCUT2D eigenvalue weighted by Gasteiger charge is 2.09. The Balaban J connectivity index is 1.76. The van der Waals surface area contributed by atoms with Gasteiger partial charge in [0.15, 0.2) is 0 Å². The molecular formula is C20H17FN4. The Morgan fingerprint density at radius 2 is 1.80 bits per heavy atom. The number of rotatable bonds is 5. The molecule has 25 heavy (non-hydrogen) atoms. The highest BCUT2D eigenvalue weighted by atomic mass is 19.1. The zero-order valence-corrected chi connectivity index (χ0v) is 13.6. The molecule has 0 radical (unpaired) electrons. The van der Waals surface area contributed by atoms with Gasteiger partial charge in [0, 0.05) is 11.3 Å². The van der Waals surface area contributed by atoms with E-state index in [-0.39, 0.29) is 11.5 Å². The van der Waals surface area contributed by atoms with Crippen molar-refractivity contribution in [2.45, 2.75) is 19.3 Å². The predicted octanol–water partition coefficient (Wildman–Crippen LogP) is 3.91. The quantitative estimate of drug-likeness (QED) is 0.768. The minimum absolute atomic E-state index is 0.00821. The molecule has 0 spiro atoms. The maximum atomic E-state index is 13.8. The summed E-state index contributed by atoms with van der Waals surface area (Å²) in [5, 5.41) is 8.82. The van der Waals surface area contributed by atoms with Crippen LogP contribution < -0.4 is 5.73 Å². The van der Waals surface area contributed by atoms with Crippen molar-refractivity contribution in [3.05, 3.63) is 77.2 Å². The largest absolute Gasteiger partial charge is 0.368 e. The molecule has 0 fully saturated rings. The molecule has 3 rings (SSSR count). The van der Waals surface area contributed by atoms with E-state index in [0.29, 0.717) is 11.3 Å². The van der Waals surface area contributed by atoms with Gasteiger partial charge in [-0.25, -0.2) is 14.4 Å². The Bertz CT molecular complexity index is 917. The van der Waals surface area contributed by atoms with Crippen molar-refractivity contribution in [1.82, 2.24) is 9.97 Å². The summed E-state index contributed by atoms with van der Waals surface area (Å²) in [5.41, 5.74) is 9.05. The Labute approximate surface area is 145 Å². The highest BCUT2D eigenvalue weighted by molar-refractivity contribution is 5.62. The number of benzene rings is 2. The van der Waals surface area contributed by atoms with Crippen LogP contribution in [-0.2, 0) is 12.8 Å². The highest BCUT2D eigenvalue weighted by Crippen LogP contribution is 2.22. The summed E-state index contributed by atoms with van der Waals surface area (Å²) < 4.78 is 13.8. The van der Waals surface area contributed by atoms with E-state index >= 15 is 0 Å². The molecule has 5 heteroatoms. The summed E-state index contributed by atoms with van der Waals surface area (Å²) in [7, 11) is 0. The number of hydrogen-bond donors (Lipinski definition) is 1. The first-order valence-electron chi connectivity index (χ1n) is 8.03. The minimum atomic E-state index is -0.567. The number of aromatic nitrogens is 2. The number of anilines is 1. The molecule has 2 N–H and O–H groups in total. The van der Waals surface area contributed by atoms with Crippen LogP contribution >= 0.6 is 0 Å². The van der Waals surface area contributed by atoms with Crippen molar-refractivity contribution in [3.63, 3.8) is 0 Å². The molecule has 0 aliphatic rings. The van der Waals surface area contributed by atoms with Gasteiger partial charge in [-0.3, -0.25) is 0 Å². The van der Waals surface area contributed by atoms with Crippen LogP contribution in [0.15, 0.2) is 54.6 Å². The second kappa shape index (κ2) is 7.54. The SMILES string of the molecule is N#Cc1ccc(-c2cc(CCCc3ccccc3)nc(N)n2)cc1F. The molecule has 0 saturated heterocycles. The van der Waals surface area contributed by atoms with E-state index < -0.39 is 5.82 Å². The lowest BCUT2D eigenvalue weighted by Crippen LogP contribution is -2.02. The Kier molecular flexibility index (Phi) is 5.00. The fourth-order valence-electron chi connectivity index (χ4n) is 2.68. The van der Waals surface area contributed by atoms with Crippen LogP contribution in [0.3, 0.4) is 0 Å². The van der Waals surface area contributed by atoms with E-state index in [0.717, 1.165) is 25.0 Å². The molecule has 1 aromatic heterocycles. The molecular weight excluding hydrogens is 315 g/mol. The maximum absolute atomic E-state index is 13.8. The third-order valence-electron chi connectivity index (χ3n) is 3.92. The van der Waals surface area contributed by atoms with Crippen molar-refractivity contribution in [1.29, 1.82) is 5.26 Å². The van der Waals surface area contributed by atoms with E-state index in [1.807, 2.05) is 30.3 Å². The lowest BCUT2D eigenvalue weighted by Gasteiger charge is -2.07. The van der Waals surface area contributed by atoms with Gasteiger partial charge in [-0.15, -0.1) is 0 Å². The molecule has 0 atom stereocenters. The lowest BCUT2D eigenvalue weighted by atomic mass is 10.0. The number of nitrogen functional groups attached to an aromatic ring is 1. The van der Waals surface area contributed by atoms with Gasteiger partial charge < -0.3 is 5.73 Å². The standard InChI is InChI=1S/C20H17FN4/c21-18-11-15(9-10-16(18)13-22)19-12-17(24-20(23)25-19)8-4-7-14-5-2-1-3-6-14/h1-3,5-6,9-12H,4,7-8H2,(H2,23,24,25). The molecule has 0 unspecified atom stereocenters. The van der Waals surface area contributed by atoms with Gasteiger partial charge in [-0.1, -0.05) is 36.4 Å². The molecule has 0 amide bonds. The average molecular weight is 332 g/mol. The molecule has 2 aromatic carbocycles. The summed E-state index contributed by atoms with van der Waals surface area (Å²) in [5.74, 6) is -0.403. The Hall–Kier alpha value is -3.26. The number of nitrogens with zero attached hydrogens (tertiary/aromatic N) is 3. The molecule has 1 heterocycles. The molecule has 3 aromatic rings. The number of nitriles is 1. The normalized spacial score (nSPS) is 10.4. The first-order valence-corrected chi connectivity index (χ1v) is 8.03. The van der Waals surface area contributed by atoms with Gasteiger partial charge in [-0.2, -0.15) is 5.26 Å². The van der Waals surface area contributed by atoms with Crippen LogP contribution in [-0.4, -0.2) is 9.97 Å². The molecule has 124 valence electrons. The zero-order chi connectivity index (χ0) is 17.6. The topological polar surface area (TPSA) is 75.6 Å². The van der Waals surface area contributed by atoms with Crippen LogP contribution in [0.2, 0.25) is 0 Å². The van der Waals surface area contributed by atoms with Crippen LogP contribution in [0.5, 0.6) is 0 Å². The predicted molar refractivity (Wildman–Crippen MR) is 95.0 cm³/mol. The summed E-state index contributed by atoms with van der Waals surface area (Å²) in [6.45, 7) is 0. The third-order valence-corrected chi connectivity index (χ3v) is 3.92. The van der Waals surface area contributed by atoms with Crippen molar-refractivity contribution < 1.29 is 4.39 Å². The van der Waals surface area contributed by atoms with E-state index in [2.05, 4.69) is 22.1 Å². The van der Waals surface area contributed by atoms with Crippen molar-refractivity contribution in [2.24, 2.45) is 0 Å². The monoisotopic (exact) mass is 332 g/mol. The van der Waals surface area contributed by atoms with Crippen molar-refractivity contribution in [2.75, 3.05) is 5.73 Å². The fraction of sp³-hybridized carbons (Fsp3) is 0.150. The minimum Gasteiger partial charge on any atom is -0.368 e. The van der Waals surface area contributed by atoms with Gasteiger partial charge in [0.1, 0.15) is 11.9 Å². The fourth-order valence-corrected chi connectivity index (χ4v) is 2.68. The summed E-state index contributed by atoms with van der Waals surface area (Å²) in [6.07, 6.45) is 2.64. The van der Waals surface area contributed by atoms with Crippen molar-refractivity contribution >= 4 is 5.95 Å². The number of hydrogen-bond acceptors (Lipinski definition) is 4. The molecule has 4 nitrogen and oxygen atoms in total. The number of halogens is 1. The van der Waals surface area contributed by atoms with Crippen LogP contribution in [0.4, 0.5) is 10.3 Å². The third kappa shape index (κ3) is 4.18. The average Bonchev–Trinajstić information content (AvgIpc) is 2.62. The van der Waals surface area contributed by atoms with Gasteiger partial charge in [0.2, 0.25) is 5.95 Å². The Morgan fingerprint density at radius 3 is 2.52 bits per heavy atom. The van der Waals surface area contributed by atoms with Gasteiger partial charge in [-0.05, 0) is 43.0 Å². The van der Waals surface area contributed by atoms with E-state index in [1.165, 1.54) is 17.7 Å². The van der Waals surface area contributed by atoms with Crippen LogP contribution in [0.25, 0.3) is 11.3 Å². The zero-order valence-electron chi connectivity index (χ0n) is 13.6. The van der Waals surface area contributed by atoms with E-state index in [1.54, 1.807) is 6.07 Å². The molecule has 0 bridgehead atoms. The van der Waals surface area contributed by atoms with Crippen LogP contribution in [0, 0.1) is 17.1 Å². The summed E-state index contributed by atoms with van der Waals surface area (Å²) in [6, 6.07) is 18.3. The first-order chi connectivity index (χ1) is 12.2. The van der Waals surface area contributed by atoms with Crippen molar-refractivity contribution in [3.8, 4) is 17.3 Å². The summed E-state index contributed by atoms with van der Waals surface area (Å²) in [4.78, 5) is 8.45. The second-order valence-corrected chi connectivity index (χ2v) is 5.75. The number of aryl methyl sites for hydroxylation is 2. The van der Waals surface area contributed by atoms with E-state index in [9.17, 15) is 4.39 Å². The molecule has 0 aliphatic heterocycles. The Morgan fingerprint density at radius 1 is 1.00 bits per heavy atom. The number of nitrogens with two attached hydrogens (primary N) is 1. The second-order valence-electron chi connectivity index (χ2n) is 5.75. The maximum Gasteiger partial charge on any atom is 0.220 e. The van der Waals surface area contributed by atoms with E-state index in [4.69, 9.17) is 11.0 Å². The molecule has 0 saturated carbocycles. The van der Waals surface area contributed by atoms with Gasteiger partial charge >= 0.3 is 0 Å². The van der Waals surface area contributed by atoms with Crippen LogP contribution in [0.1, 0.15) is 23.2 Å². The van der Waals surface area contributed by atoms with Gasteiger partial charge in [0.25, 0.3) is 0 Å². The molecule has 0 aliphatic carbocycles.